The predicted molar refractivity (Wildman–Crippen MR) is 31.9 cm³/mol. The molecule has 0 aromatic carbocycles. The molecular weight excluding hydrogens is 84.1 g/mol. The maximum Gasteiger partial charge on any atom is -0.0179 e. The van der Waals surface area contributed by atoms with Gasteiger partial charge in [-0.15, -0.1) is 0 Å². The summed E-state index contributed by atoms with van der Waals surface area (Å²) >= 11 is 0. The van der Waals surface area contributed by atoms with E-state index in [1.807, 2.05) is 0 Å². The zero-order valence-electron chi connectivity index (χ0n) is 5.58. The molecule has 0 heteroatoms. The average Bonchev–Trinajstić information content (AvgIpc) is 1.91. The molecule has 1 fully saturated rings. The normalized spacial score (nSPS) is 38.6. The highest BCUT2D eigenvalue weighted by Gasteiger charge is 2.51. The fraction of sp³-hybridized carbons (Fsp3) is 0.857. The monoisotopic (exact) mass is 97.1 g/mol. The van der Waals surface area contributed by atoms with Crippen molar-refractivity contribution in [2.75, 3.05) is 0 Å². The van der Waals surface area contributed by atoms with Crippen molar-refractivity contribution in [2.24, 2.45) is 11.3 Å². The Balaban J connectivity index is 2.52. The fourth-order valence-corrected chi connectivity index (χ4v) is 1.02. The van der Waals surface area contributed by atoms with Crippen LogP contribution >= 0.6 is 0 Å². The molecule has 1 unspecified atom stereocenters. The zero-order chi connectivity index (χ0) is 5.65. The summed E-state index contributed by atoms with van der Waals surface area (Å²) in [6.07, 6.45) is 0. The Hall–Kier alpha value is 0. The summed E-state index contributed by atoms with van der Waals surface area (Å²) in [6, 6.07) is 0. The molecule has 7 heavy (non-hydrogen) atoms. The van der Waals surface area contributed by atoms with E-state index in [0.29, 0.717) is 5.41 Å². The van der Waals surface area contributed by atoms with Gasteiger partial charge in [0.25, 0.3) is 0 Å². The summed E-state index contributed by atoms with van der Waals surface area (Å²) in [4.78, 5) is 0. The van der Waals surface area contributed by atoms with Gasteiger partial charge in [0.1, 0.15) is 0 Å². The van der Waals surface area contributed by atoms with Gasteiger partial charge in [0.15, 0.2) is 0 Å². The molecule has 1 rings (SSSR count). The SMILES string of the molecule is C[C]1C(C)C1(C)C. The molecule has 0 amide bonds. The van der Waals surface area contributed by atoms with Crippen LogP contribution in [0.4, 0.5) is 0 Å². The van der Waals surface area contributed by atoms with Crippen LogP contribution in [-0.2, 0) is 0 Å². The molecule has 0 aromatic rings. The number of rotatable bonds is 0. The lowest BCUT2D eigenvalue weighted by Gasteiger charge is -1.93. The van der Waals surface area contributed by atoms with Crippen LogP contribution in [0.2, 0.25) is 0 Å². The summed E-state index contributed by atoms with van der Waals surface area (Å²) in [5.74, 6) is 2.54. The standard InChI is InChI=1S/C7H13/c1-5-6(2)7(5,3)4/h5H,1-4H3. The molecule has 1 saturated carbocycles. The van der Waals surface area contributed by atoms with E-state index in [1.165, 1.54) is 0 Å². The molecule has 41 valence electrons. The van der Waals surface area contributed by atoms with E-state index >= 15 is 0 Å². The van der Waals surface area contributed by atoms with Gasteiger partial charge in [-0.2, -0.15) is 0 Å². The zero-order valence-corrected chi connectivity index (χ0v) is 5.58. The lowest BCUT2D eigenvalue weighted by Crippen LogP contribution is -1.84. The Morgan fingerprint density at radius 2 is 1.57 bits per heavy atom. The topological polar surface area (TPSA) is 0 Å². The van der Waals surface area contributed by atoms with Crippen molar-refractivity contribution in [3.63, 3.8) is 0 Å². The van der Waals surface area contributed by atoms with Crippen LogP contribution in [0.3, 0.4) is 0 Å². The van der Waals surface area contributed by atoms with E-state index in [-0.39, 0.29) is 0 Å². The molecular formula is C7H13. The van der Waals surface area contributed by atoms with Crippen molar-refractivity contribution in [1.82, 2.24) is 0 Å². The van der Waals surface area contributed by atoms with E-state index in [2.05, 4.69) is 27.7 Å². The van der Waals surface area contributed by atoms with Crippen molar-refractivity contribution in [3.8, 4) is 0 Å². The van der Waals surface area contributed by atoms with Crippen LogP contribution in [0.15, 0.2) is 0 Å². The molecule has 1 atom stereocenters. The fourth-order valence-electron chi connectivity index (χ4n) is 1.02. The van der Waals surface area contributed by atoms with Gasteiger partial charge < -0.3 is 0 Å². The van der Waals surface area contributed by atoms with E-state index < -0.39 is 0 Å². The van der Waals surface area contributed by atoms with Crippen LogP contribution in [0.5, 0.6) is 0 Å². The lowest BCUT2D eigenvalue weighted by molar-refractivity contribution is 0.590. The van der Waals surface area contributed by atoms with Crippen molar-refractivity contribution in [3.05, 3.63) is 5.92 Å². The molecule has 0 spiro atoms. The van der Waals surface area contributed by atoms with E-state index in [0.717, 1.165) is 5.92 Å². The quantitative estimate of drug-likeness (QED) is 0.435. The second-order valence-corrected chi connectivity index (χ2v) is 3.13. The third kappa shape index (κ3) is 0.490. The van der Waals surface area contributed by atoms with Crippen molar-refractivity contribution in [1.29, 1.82) is 0 Å². The highest BCUT2D eigenvalue weighted by Crippen LogP contribution is 2.59. The van der Waals surface area contributed by atoms with Gasteiger partial charge in [-0.25, -0.2) is 0 Å². The van der Waals surface area contributed by atoms with E-state index in [1.54, 1.807) is 5.92 Å². The summed E-state index contributed by atoms with van der Waals surface area (Å²) in [5.41, 5.74) is 0.583. The van der Waals surface area contributed by atoms with Crippen molar-refractivity contribution >= 4 is 0 Å². The third-order valence-corrected chi connectivity index (χ3v) is 2.67. The largest absolute Gasteiger partial charge is 0.0614 e. The average molecular weight is 97.2 g/mol. The first-order valence-electron chi connectivity index (χ1n) is 2.90. The van der Waals surface area contributed by atoms with Gasteiger partial charge in [0.05, 0.1) is 0 Å². The van der Waals surface area contributed by atoms with Gasteiger partial charge in [0, 0.05) is 0 Å². The molecule has 0 nitrogen and oxygen atoms in total. The maximum absolute atomic E-state index is 2.30. The van der Waals surface area contributed by atoms with Gasteiger partial charge in [-0.3, -0.25) is 0 Å². The second kappa shape index (κ2) is 1.04. The molecule has 0 N–H and O–H groups in total. The minimum atomic E-state index is 0.583. The Labute approximate surface area is 45.9 Å². The number of hydrogen-bond donors (Lipinski definition) is 0. The highest BCUT2D eigenvalue weighted by molar-refractivity contribution is 5.23. The van der Waals surface area contributed by atoms with Crippen LogP contribution in [-0.4, -0.2) is 0 Å². The minimum absolute atomic E-state index is 0.583. The molecule has 0 heterocycles. The van der Waals surface area contributed by atoms with Crippen LogP contribution in [0.1, 0.15) is 27.7 Å². The van der Waals surface area contributed by atoms with Crippen molar-refractivity contribution < 1.29 is 0 Å². The highest BCUT2D eigenvalue weighted by atomic mass is 14.6. The van der Waals surface area contributed by atoms with Gasteiger partial charge in [-0.1, -0.05) is 27.7 Å². The molecule has 0 bridgehead atoms. The molecule has 0 aliphatic heterocycles. The summed E-state index contributed by atoms with van der Waals surface area (Å²) in [7, 11) is 0. The van der Waals surface area contributed by atoms with Gasteiger partial charge in [-0.05, 0) is 17.3 Å². The Kier molecular flexibility index (Phi) is 0.765. The Bertz CT molecular complexity index is 72.0. The first-order chi connectivity index (χ1) is 3.07. The first kappa shape index (κ1) is 5.14. The van der Waals surface area contributed by atoms with Gasteiger partial charge in [0.2, 0.25) is 0 Å². The van der Waals surface area contributed by atoms with Crippen LogP contribution in [0.25, 0.3) is 0 Å². The summed E-state index contributed by atoms with van der Waals surface area (Å²) in [6.45, 7) is 9.12. The lowest BCUT2D eigenvalue weighted by atomic mass is 10.1. The number of hydrogen-bond acceptors (Lipinski definition) is 0. The smallest absolute Gasteiger partial charge is 0.0179 e. The molecule has 1 aliphatic carbocycles. The molecule has 0 saturated heterocycles. The van der Waals surface area contributed by atoms with Crippen LogP contribution in [0, 0.1) is 17.3 Å². The molecule has 1 aliphatic rings. The van der Waals surface area contributed by atoms with E-state index in [4.69, 9.17) is 0 Å². The second-order valence-electron chi connectivity index (χ2n) is 3.13. The minimum Gasteiger partial charge on any atom is -0.0614 e. The third-order valence-electron chi connectivity index (χ3n) is 2.67. The summed E-state index contributed by atoms with van der Waals surface area (Å²) in [5, 5.41) is 0. The Morgan fingerprint density at radius 3 is 1.57 bits per heavy atom. The van der Waals surface area contributed by atoms with E-state index in [9.17, 15) is 0 Å². The molecule has 0 aromatic heterocycles. The molecule has 1 radical (unpaired) electrons. The maximum atomic E-state index is 2.30. The van der Waals surface area contributed by atoms with Crippen molar-refractivity contribution in [2.45, 2.75) is 27.7 Å². The first-order valence-corrected chi connectivity index (χ1v) is 2.90. The Morgan fingerprint density at radius 1 is 1.43 bits per heavy atom. The predicted octanol–water partition coefficient (Wildman–Crippen LogP) is 2.26. The summed E-state index contributed by atoms with van der Waals surface area (Å²) < 4.78 is 0. The van der Waals surface area contributed by atoms with Crippen LogP contribution < -0.4 is 0 Å². The van der Waals surface area contributed by atoms with Gasteiger partial charge >= 0.3 is 0 Å².